The molecule has 2 nitrogen and oxygen atoms in total. The summed E-state index contributed by atoms with van der Waals surface area (Å²) in [7, 11) is 1.42. The molecule has 1 aromatic rings. The van der Waals surface area contributed by atoms with Gasteiger partial charge in [-0.25, -0.2) is 8.78 Å². The van der Waals surface area contributed by atoms with E-state index in [-0.39, 0.29) is 12.1 Å². The van der Waals surface area contributed by atoms with Crippen molar-refractivity contribution in [3.05, 3.63) is 29.3 Å². The third-order valence-corrected chi connectivity index (χ3v) is 2.48. The smallest absolute Gasteiger partial charge is 0.137 e. The van der Waals surface area contributed by atoms with Crippen molar-refractivity contribution in [3.8, 4) is 0 Å². The lowest BCUT2D eigenvalue weighted by Gasteiger charge is -2.06. The molecule has 14 heavy (non-hydrogen) atoms. The quantitative estimate of drug-likeness (QED) is 0.620. The molecule has 78 valence electrons. The zero-order chi connectivity index (χ0) is 10.6. The zero-order valence-corrected chi connectivity index (χ0v) is 8.75. The first-order chi connectivity index (χ1) is 6.69. The van der Waals surface area contributed by atoms with E-state index in [1.807, 2.05) is 0 Å². The van der Waals surface area contributed by atoms with Crippen LogP contribution in [0, 0.1) is 11.6 Å². The summed E-state index contributed by atoms with van der Waals surface area (Å²) in [6.07, 6.45) is 1.70. The van der Waals surface area contributed by atoms with Crippen molar-refractivity contribution in [2.75, 3.05) is 13.4 Å². The lowest BCUT2D eigenvalue weighted by Crippen LogP contribution is -2.12. The van der Waals surface area contributed by atoms with E-state index in [2.05, 4.69) is 10.3 Å². The van der Waals surface area contributed by atoms with Crippen LogP contribution < -0.4 is 5.48 Å². The standard InChI is InChI=1S/C9H11F2NOS/c1-13-12-5-6-3-8(11)9(14-2)4-7(6)10/h3-4,12H,5H2,1-2H3. The molecule has 0 saturated carbocycles. The third kappa shape index (κ3) is 2.67. The topological polar surface area (TPSA) is 21.3 Å². The first-order valence-electron chi connectivity index (χ1n) is 3.96. The van der Waals surface area contributed by atoms with Gasteiger partial charge in [-0.15, -0.1) is 11.8 Å². The molecule has 0 aliphatic rings. The highest BCUT2D eigenvalue weighted by Crippen LogP contribution is 2.22. The van der Waals surface area contributed by atoms with Gasteiger partial charge in [0.05, 0.1) is 7.11 Å². The van der Waals surface area contributed by atoms with E-state index >= 15 is 0 Å². The summed E-state index contributed by atoms with van der Waals surface area (Å²) in [6.45, 7) is 0.147. The fourth-order valence-electron chi connectivity index (χ4n) is 1.01. The van der Waals surface area contributed by atoms with Crippen molar-refractivity contribution in [2.45, 2.75) is 11.4 Å². The van der Waals surface area contributed by atoms with E-state index in [9.17, 15) is 8.78 Å². The highest BCUT2D eigenvalue weighted by molar-refractivity contribution is 7.98. The second kappa shape index (κ2) is 5.29. The molecule has 0 bridgehead atoms. The number of hydrogen-bond donors (Lipinski definition) is 1. The Hall–Kier alpha value is -0.650. The van der Waals surface area contributed by atoms with E-state index in [4.69, 9.17) is 0 Å². The maximum absolute atomic E-state index is 13.3. The molecule has 0 spiro atoms. The minimum absolute atomic E-state index is 0.147. The van der Waals surface area contributed by atoms with Crippen molar-refractivity contribution < 1.29 is 13.6 Å². The van der Waals surface area contributed by atoms with Crippen LogP contribution in [0.1, 0.15) is 5.56 Å². The molecule has 0 saturated heterocycles. The van der Waals surface area contributed by atoms with Gasteiger partial charge < -0.3 is 4.84 Å². The molecule has 0 aliphatic heterocycles. The molecule has 5 heteroatoms. The molecule has 0 unspecified atom stereocenters. The average molecular weight is 219 g/mol. The number of rotatable bonds is 4. The largest absolute Gasteiger partial charge is 0.305 e. The molecular formula is C9H11F2NOS. The van der Waals surface area contributed by atoms with E-state index in [0.29, 0.717) is 4.90 Å². The highest BCUT2D eigenvalue weighted by atomic mass is 32.2. The molecule has 0 atom stereocenters. The minimum Gasteiger partial charge on any atom is -0.305 e. The number of benzene rings is 1. The van der Waals surface area contributed by atoms with Crippen LogP contribution in [0.15, 0.2) is 17.0 Å². The van der Waals surface area contributed by atoms with Crippen LogP contribution in [0.4, 0.5) is 8.78 Å². The van der Waals surface area contributed by atoms with Gasteiger partial charge in [-0.1, -0.05) is 0 Å². The molecule has 0 aliphatic carbocycles. The summed E-state index contributed by atoms with van der Waals surface area (Å²) >= 11 is 1.18. The molecule has 1 rings (SSSR count). The van der Waals surface area contributed by atoms with Gasteiger partial charge in [0, 0.05) is 17.0 Å². The third-order valence-electron chi connectivity index (χ3n) is 1.73. The van der Waals surface area contributed by atoms with Gasteiger partial charge in [-0.2, -0.15) is 5.48 Å². The molecule has 0 radical (unpaired) electrons. The van der Waals surface area contributed by atoms with Crippen LogP contribution in [0.3, 0.4) is 0 Å². The van der Waals surface area contributed by atoms with E-state index in [1.54, 1.807) is 6.26 Å². The van der Waals surface area contributed by atoms with Gasteiger partial charge in [-0.3, -0.25) is 0 Å². The van der Waals surface area contributed by atoms with Crippen LogP contribution in [-0.2, 0) is 11.4 Å². The maximum Gasteiger partial charge on any atom is 0.137 e. The highest BCUT2D eigenvalue weighted by Gasteiger charge is 2.08. The summed E-state index contributed by atoms with van der Waals surface area (Å²) in [4.78, 5) is 4.86. The molecule has 1 N–H and O–H groups in total. The molecule has 1 aromatic carbocycles. The molecule has 0 fully saturated rings. The van der Waals surface area contributed by atoms with E-state index < -0.39 is 11.6 Å². The molecule has 0 amide bonds. The summed E-state index contributed by atoms with van der Waals surface area (Å²) < 4.78 is 26.5. The van der Waals surface area contributed by atoms with E-state index in [1.165, 1.54) is 31.0 Å². The number of hydrogen-bond acceptors (Lipinski definition) is 3. The van der Waals surface area contributed by atoms with Gasteiger partial charge in [0.1, 0.15) is 11.6 Å². The van der Waals surface area contributed by atoms with Gasteiger partial charge in [0.2, 0.25) is 0 Å². The lowest BCUT2D eigenvalue weighted by atomic mass is 10.2. The van der Waals surface area contributed by atoms with Gasteiger partial charge >= 0.3 is 0 Å². The first kappa shape index (κ1) is 11.4. The van der Waals surface area contributed by atoms with Crippen molar-refractivity contribution in [1.82, 2.24) is 5.48 Å². The Labute approximate surface area is 85.6 Å². The Morgan fingerprint density at radius 1 is 1.36 bits per heavy atom. The van der Waals surface area contributed by atoms with Gasteiger partial charge in [0.15, 0.2) is 0 Å². The molecular weight excluding hydrogens is 208 g/mol. The lowest BCUT2D eigenvalue weighted by molar-refractivity contribution is 0.0858. The van der Waals surface area contributed by atoms with Crippen molar-refractivity contribution >= 4 is 11.8 Å². The Balaban J connectivity index is 2.90. The Morgan fingerprint density at radius 3 is 2.64 bits per heavy atom. The molecule has 0 aromatic heterocycles. The second-order valence-corrected chi connectivity index (χ2v) is 3.45. The number of thioether (sulfide) groups is 1. The second-order valence-electron chi connectivity index (χ2n) is 2.60. The monoisotopic (exact) mass is 219 g/mol. The maximum atomic E-state index is 13.3. The van der Waals surface area contributed by atoms with Crippen LogP contribution in [0.25, 0.3) is 0 Å². The normalized spacial score (nSPS) is 10.6. The van der Waals surface area contributed by atoms with E-state index in [0.717, 1.165) is 0 Å². The number of halogens is 2. The van der Waals surface area contributed by atoms with Gasteiger partial charge in [-0.05, 0) is 18.4 Å². The van der Waals surface area contributed by atoms with Crippen LogP contribution in [0.5, 0.6) is 0 Å². The van der Waals surface area contributed by atoms with Gasteiger partial charge in [0.25, 0.3) is 0 Å². The average Bonchev–Trinajstić information content (AvgIpc) is 2.18. The SMILES string of the molecule is CONCc1cc(F)c(SC)cc1F. The fourth-order valence-corrected chi connectivity index (χ4v) is 1.49. The van der Waals surface area contributed by atoms with Crippen LogP contribution in [0.2, 0.25) is 0 Å². The predicted octanol–water partition coefficient (Wildman–Crippen LogP) is 2.34. The summed E-state index contributed by atoms with van der Waals surface area (Å²) in [5.41, 5.74) is 2.71. The zero-order valence-electron chi connectivity index (χ0n) is 7.93. The Morgan fingerprint density at radius 2 is 2.07 bits per heavy atom. The summed E-state index contributed by atoms with van der Waals surface area (Å²) in [5.74, 6) is -0.841. The first-order valence-corrected chi connectivity index (χ1v) is 5.19. The van der Waals surface area contributed by atoms with Crippen molar-refractivity contribution in [2.24, 2.45) is 0 Å². The fraction of sp³-hybridized carbons (Fsp3) is 0.333. The summed E-state index contributed by atoms with van der Waals surface area (Å²) in [6, 6.07) is 2.36. The number of nitrogens with one attached hydrogen (secondary N) is 1. The van der Waals surface area contributed by atoms with Crippen molar-refractivity contribution in [3.63, 3.8) is 0 Å². The van der Waals surface area contributed by atoms with Crippen molar-refractivity contribution in [1.29, 1.82) is 0 Å². The van der Waals surface area contributed by atoms with Crippen LogP contribution >= 0.6 is 11.8 Å². The Kier molecular flexibility index (Phi) is 4.31. The summed E-state index contributed by atoms with van der Waals surface area (Å²) in [5, 5.41) is 0. The van der Waals surface area contributed by atoms with Crippen LogP contribution in [-0.4, -0.2) is 13.4 Å². The minimum atomic E-state index is -0.430. The predicted molar refractivity (Wildman–Crippen MR) is 52.0 cm³/mol. The Bertz CT molecular complexity index is 320. The molecule has 0 heterocycles. The number of hydroxylamine groups is 1.